The van der Waals surface area contributed by atoms with Gasteiger partial charge in [-0.05, 0) is 44.4 Å². The van der Waals surface area contributed by atoms with Crippen molar-refractivity contribution in [2.75, 3.05) is 13.2 Å². The highest BCUT2D eigenvalue weighted by Crippen LogP contribution is 2.15. The Hall–Kier alpha value is -1.31. The maximum Gasteiger partial charge on any atom is 0.203 e. The molecular weight excluding hydrogens is 216 g/mol. The van der Waals surface area contributed by atoms with E-state index >= 15 is 0 Å². The van der Waals surface area contributed by atoms with E-state index < -0.39 is 0 Å². The molecule has 1 N–H and O–H groups in total. The largest absolute Gasteiger partial charge is 0.449 e. The van der Waals surface area contributed by atoms with Crippen LogP contribution >= 0.6 is 0 Å². The summed E-state index contributed by atoms with van der Waals surface area (Å²) in [5, 5.41) is 11.9. The second kappa shape index (κ2) is 6.43. The summed E-state index contributed by atoms with van der Waals surface area (Å²) in [5.41, 5.74) is 0. The van der Waals surface area contributed by atoms with Gasteiger partial charge < -0.3 is 14.5 Å². The number of rotatable bonds is 5. The van der Waals surface area contributed by atoms with E-state index in [0.717, 1.165) is 25.3 Å². The summed E-state index contributed by atoms with van der Waals surface area (Å²) in [5.74, 6) is 1.18. The maximum atomic E-state index is 8.61. The Balaban J connectivity index is 1.61. The van der Waals surface area contributed by atoms with Crippen molar-refractivity contribution < 1.29 is 9.15 Å². The molecule has 0 bridgehead atoms. The fraction of sp³-hybridized carbons (Fsp3) is 0.615. The Labute approximate surface area is 102 Å². The summed E-state index contributed by atoms with van der Waals surface area (Å²) in [6.45, 7) is 2.51. The molecule has 0 radical (unpaired) electrons. The highest BCUT2D eigenvalue weighted by atomic mass is 16.5. The van der Waals surface area contributed by atoms with Crippen molar-refractivity contribution >= 4 is 0 Å². The zero-order valence-corrected chi connectivity index (χ0v) is 9.95. The summed E-state index contributed by atoms with van der Waals surface area (Å²) in [6.07, 6.45) is 5.14. The van der Waals surface area contributed by atoms with Gasteiger partial charge >= 0.3 is 0 Å². The maximum absolute atomic E-state index is 8.61. The Morgan fingerprint density at radius 3 is 3.06 bits per heavy atom. The molecule has 1 aromatic heterocycles. The minimum absolute atomic E-state index is 0.373. The SMILES string of the molecule is N#Cc1ccc(CNCCC2CCCCO2)o1. The van der Waals surface area contributed by atoms with Crippen molar-refractivity contribution in [2.24, 2.45) is 0 Å². The van der Waals surface area contributed by atoms with Gasteiger partial charge in [0.1, 0.15) is 11.8 Å². The van der Waals surface area contributed by atoms with E-state index in [1.165, 1.54) is 19.3 Å². The third-order valence-electron chi connectivity index (χ3n) is 2.99. The molecule has 0 amide bonds. The van der Waals surface area contributed by atoms with Gasteiger partial charge in [0.2, 0.25) is 5.76 Å². The molecule has 0 spiro atoms. The number of hydrogen-bond acceptors (Lipinski definition) is 4. The molecule has 1 unspecified atom stereocenters. The van der Waals surface area contributed by atoms with Crippen LogP contribution in [-0.2, 0) is 11.3 Å². The summed E-state index contributed by atoms with van der Waals surface area (Å²) in [4.78, 5) is 0. The van der Waals surface area contributed by atoms with Gasteiger partial charge in [-0.3, -0.25) is 0 Å². The smallest absolute Gasteiger partial charge is 0.203 e. The lowest BCUT2D eigenvalue weighted by molar-refractivity contribution is 0.0115. The first-order valence-electron chi connectivity index (χ1n) is 6.19. The van der Waals surface area contributed by atoms with Crippen LogP contribution in [0, 0.1) is 11.3 Å². The molecule has 0 aromatic carbocycles. The first-order valence-corrected chi connectivity index (χ1v) is 6.19. The molecule has 4 nitrogen and oxygen atoms in total. The molecular formula is C13H18N2O2. The normalized spacial score (nSPS) is 20.1. The molecule has 1 saturated heterocycles. The summed E-state index contributed by atoms with van der Waals surface area (Å²) >= 11 is 0. The van der Waals surface area contributed by atoms with Crippen LogP contribution in [0.4, 0.5) is 0 Å². The average molecular weight is 234 g/mol. The van der Waals surface area contributed by atoms with Gasteiger partial charge in [-0.25, -0.2) is 0 Å². The summed E-state index contributed by atoms with van der Waals surface area (Å²) in [6, 6.07) is 5.51. The molecule has 2 rings (SSSR count). The van der Waals surface area contributed by atoms with Crippen molar-refractivity contribution in [3.63, 3.8) is 0 Å². The van der Waals surface area contributed by atoms with Crippen molar-refractivity contribution in [3.05, 3.63) is 23.7 Å². The molecule has 0 aliphatic carbocycles. The monoisotopic (exact) mass is 234 g/mol. The lowest BCUT2D eigenvalue weighted by Gasteiger charge is -2.22. The number of nitrogens with zero attached hydrogens (tertiary/aromatic N) is 1. The van der Waals surface area contributed by atoms with Gasteiger partial charge in [0.05, 0.1) is 12.6 Å². The van der Waals surface area contributed by atoms with Gasteiger partial charge in [0, 0.05) is 6.61 Å². The van der Waals surface area contributed by atoms with Crippen LogP contribution in [0.15, 0.2) is 16.5 Å². The first-order chi connectivity index (χ1) is 8.38. The standard InChI is InChI=1S/C13H18N2O2/c14-9-12-4-5-13(17-12)10-15-7-6-11-3-1-2-8-16-11/h4-5,11,15H,1-3,6-8,10H2. The molecule has 1 aliphatic rings. The predicted octanol–water partition coefficient (Wildman–Crippen LogP) is 2.20. The van der Waals surface area contributed by atoms with Crippen LogP contribution in [0.1, 0.15) is 37.2 Å². The summed E-state index contributed by atoms with van der Waals surface area (Å²) in [7, 11) is 0. The van der Waals surface area contributed by atoms with E-state index in [2.05, 4.69) is 5.32 Å². The second-order valence-electron chi connectivity index (χ2n) is 4.33. The lowest BCUT2D eigenvalue weighted by Crippen LogP contribution is -2.25. The van der Waals surface area contributed by atoms with Crippen LogP contribution < -0.4 is 5.32 Å². The Morgan fingerprint density at radius 2 is 2.35 bits per heavy atom. The number of nitriles is 1. The number of nitrogens with one attached hydrogen (secondary N) is 1. The molecule has 1 aliphatic heterocycles. The van der Waals surface area contributed by atoms with Gasteiger partial charge in [-0.2, -0.15) is 5.26 Å². The fourth-order valence-electron chi connectivity index (χ4n) is 2.04. The van der Waals surface area contributed by atoms with Gasteiger partial charge in [0.25, 0.3) is 0 Å². The molecule has 2 heterocycles. The Kier molecular flexibility index (Phi) is 4.60. The van der Waals surface area contributed by atoms with E-state index in [1.807, 2.05) is 12.1 Å². The van der Waals surface area contributed by atoms with Crippen molar-refractivity contribution in [1.29, 1.82) is 5.26 Å². The average Bonchev–Trinajstić information content (AvgIpc) is 2.84. The van der Waals surface area contributed by atoms with Gasteiger partial charge in [-0.15, -0.1) is 0 Å². The molecule has 1 atom stereocenters. The molecule has 92 valence electrons. The predicted molar refractivity (Wildman–Crippen MR) is 63.3 cm³/mol. The summed E-state index contributed by atoms with van der Waals surface area (Å²) < 4.78 is 10.9. The van der Waals surface area contributed by atoms with Gasteiger partial charge in [0.15, 0.2) is 0 Å². The fourth-order valence-corrected chi connectivity index (χ4v) is 2.04. The number of furan rings is 1. The zero-order chi connectivity index (χ0) is 11.9. The van der Waals surface area contributed by atoms with Crippen LogP contribution in [0.25, 0.3) is 0 Å². The molecule has 1 aromatic rings. The Bertz CT molecular complexity index is 375. The zero-order valence-electron chi connectivity index (χ0n) is 9.95. The van der Waals surface area contributed by atoms with Crippen molar-refractivity contribution in [2.45, 2.75) is 38.3 Å². The molecule has 0 saturated carbocycles. The number of ether oxygens (including phenoxy) is 1. The third kappa shape index (κ3) is 3.88. The van der Waals surface area contributed by atoms with E-state index in [9.17, 15) is 0 Å². The quantitative estimate of drug-likeness (QED) is 0.793. The minimum atomic E-state index is 0.373. The van der Waals surface area contributed by atoms with E-state index in [0.29, 0.717) is 18.4 Å². The molecule has 4 heteroatoms. The van der Waals surface area contributed by atoms with Crippen LogP contribution in [0.2, 0.25) is 0 Å². The topological polar surface area (TPSA) is 58.2 Å². The lowest BCUT2D eigenvalue weighted by atomic mass is 10.1. The van der Waals surface area contributed by atoms with E-state index in [4.69, 9.17) is 14.4 Å². The van der Waals surface area contributed by atoms with Crippen LogP contribution in [0.3, 0.4) is 0 Å². The molecule has 17 heavy (non-hydrogen) atoms. The Morgan fingerprint density at radius 1 is 1.41 bits per heavy atom. The van der Waals surface area contributed by atoms with Crippen LogP contribution in [-0.4, -0.2) is 19.3 Å². The van der Waals surface area contributed by atoms with Crippen molar-refractivity contribution in [1.82, 2.24) is 5.32 Å². The van der Waals surface area contributed by atoms with E-state index in [1.54, 1.807) is 6.07 Å². The molecule has 1 fully saturated rings. The number of hydrogen-bond donors (Lipinski definition) is 1. The van der Waals surface area contributed by atoms with Crippen LogP contribution in [0.5, 0.6) is 0 Å². The van der Waals surface area contributed by atoms with E-state index in [-0.39, 0.29) is 0 Å². The highest BCUT2D eigenvalue weighted by Gasteiger charge is 2.12. The highest BCUT2D eigenvalue weighted by molar-refractivity contribution is 5.18. The third-order valence-corrected chi connectivity index (χ3v) is 2.99. The second-order valence-corrected chi connectivity index (χ2v) is 4.33. The van der Waals surface area contributed by atoms with Crippen molar-refractivity contribution in [3.8, 4) is 6.07 Å². The first kappa shape index (κ1) is 12.2. The van der Waals surface area contributed by atoms with Gasteiger partial charge in [-0.1, -0.05) is 0 Å². The minimum Gasteiger partial charge on any atom is -0.449 e.